The van der Waals surface area contributed by atoms with Gasteiger partial charge in [0.2, 0.25) is 5.91 Å². The van der Waals surface area contributed by atoms with Crippen LogP contribution in [0.25, 0.3) is 0 Å². The minimum atomic E-state index is -0.499. The first-order chi connectivity index (χ1) is 14.9. The molecule has 0 N–H and O–H groups in total. The Morgan fingerprint density at radius 1 is 1.10 bits per heavy atom. The van der Waals surface area contributed by atoms with Crippen LogP contribution in [0.4, 0.5) is 10.8 Å². The Hall–Kier alpha value is -3.39. The van der Waals surface area contributed by atoms with Crippen LogP contribution in [0.3, 0.4) is 0 Å². The molecule has 0 aliphatic carbocycles. The van der Waals surface area contributed by atoms with Crippen LogP contribution in [0, 0.1) is 13.8 Å². The summed E-state index contributed by atoms with van der Waals surface area (Å²) in [5.41, 5.74) is 3.38. The molecule has 0 unspecified atom stereocenters. The second kappa shape index (κ2) is 10.1. The number of methoxy groups -OCH3 is 1. The van der Waals surface area contributed by atoms with Gasteiger partial charge in [-0.1, -0.05) is 18.2 Å². The molecular weight excluding hydrogens is 416 g/mol. The largest absolute Gasteiger partial charge is 0.495 e. The molecule has 7 nitrogen and oxygen atoms in total. The third-order valence-corrected chi connectivity index (χ3v) is 5.46. The van der Waals surface area contributed by atoms with Gasteiger partial charge in [-0.3, -0.25) is 9.69 Å². The van der Waals surface area contributed by atoms with Gasteiger partial charge >= 0.3 is 5.97 Å². The normalized spacial score (nSPS) is 10.5. The number of hydrogen-bond donors (Lipinski definition) is 0. The monoisotopic (exact) mass is 440 g/mol. The molecule has 0 bridgehead atoms. The van der Waals surface area contributed by atoms with Crippen molar-refractivity contribution in [1.29, 1.82) is 0 Å². The van der Waals surface area contributed by atoms with Crippen molar-refractivity contribution in [2.24, 2.45) is 0 Å². The molecule has 0 aliphatic heterocycles. The van der Waals surface area contributed by atoms with Crippen molar-refractivity contribution in [2.75, 3.05) is 18.6 Å². The lowest BCUT2D eigenvalue weighted by atomic mass is 10.1. The Balaban J connectivity index is 1.61. The Morgan fingerprint density at radius 2 is 1.87 bits per heavy atom. The van der Waals surface area contributed by atoms with Crippen molar-refractivity contribution in [3.05, 3.63) is 64.7 Å². The number of aromatic nitrogens is 1. The molecular formula is C23H24N2O5S. The zero-order valence-corrected chi connectivity index (χ0v) is 18.7. The van der Waals surface area contributed by atoms with E-state index < -0.39 is 5.97 Å². The predicted octanol–water partition coefficient (Wildman–Crippen LogP) is 4.58. The first-order valence-electron chi connectivity index (χ1n) is 9.63. The summed E-state index contributed by atoms with van der Waals surface area (Å²) in [6, 6.07) is 12.8. The first kappa shape index (κ1) is 22.3. The maximum absolute atomic E-state index is 12.3. The summed E-state index contributed by atoms with van der Waals surface area (Å²) in [6.07, 6.45) is 0. The Bertz CT molecular complexity index is 1080. The van der Waals surface area contributed by atoms with Crippen LogP contribution in [0.5, 0.6) is 11.5 Å². The molecule has 31 heavy (non-hydrogen) atoms. The van der Waals surface area contributed by atoms with E-state index in [2.05, 4.69) is 4.98 Å². The summed E-state index contributed by atoms with van der Waals surface area (Å²) >= 11 is 1.28. The fraction of sp³-hybridized carbons (Fsp3) is 0.261. The van der Waals surface area contributed by atoms with Gasteiger partial charge in [0.1, 0.15) is 18.1 Å². The molecule has 8 heteroatoms. The number of rotatable bonds is 8. The highest BCUT2D eigenvalue weighted by Crippen LogP contribution is 2.35. The molecule has 0 radical (unpaired) electrons. The predicted molar refractivity (Wildman–Crippen MR) is 119 cm³/mol. The van der Waals surface area contributed by atoms with Gasteiger partial charge in [0.15, 0.2) is 11.7 Å². The third kappa shape index (κ3) is 5.61. The molecule has 0 saturated heterocycles. The van der Waals surface area contributed by atoms with E-state index in [1.165, 1.54) is 23.2 Å². The van der Waals surface area contributed by atoms with Crippen molar-refractivity contribution in [1.82, 2.24) is 4.98 Å². The molecule has 1 aromatic heterocycles. The van der Waals surface area contributed by atoms with Crippen LogP contribution in [-0.4, -0.2) is 30.6 Å². The molecule has 2 aromatic carbocycles. The van der Waals surface area contributed by atoms with E-state index in [0.29, 0.717) is 28.0 Å². The van der Waals surface area contributed by atoms with Crippen LogP contribution in [0.1, 0.15) is 23.7 Å². The summed E-state index contributed by atoms with van der Waals surface area (Å²) in [6.45, 7) is 5.24. The van der Waals surface area contributed by atoms with E-state index in [4.69, 9.17) is 14.2 Å². The van der Waals surface area contributed by atoms with E-state index in [1.807, 2.05) is 44.2 Å². The molecule has 162 valence electrons. The Labute approximate surface area is 185 Å². The molecule has 0 atom stereocenters. The number of hydrogen-bond acceptors (Lipinski definition) is 7. The lowest BCUT2D eigenvalue weighted by Gasteiger charge is -2.20. The van der Waals surface area contributed by atoms with Crippen LogP contribution >= 0.6 is 11.3 Å². The molecule has 1 amide bonds. The van der Waals surface area contributed by atoms with Gasteiger partial charge < -0.3 is 14.2 Å². The molecule has 0 aliphatic rings. The minimum absolute atomic E-state index is 0.0106. The zero-order valence-electron chi connectivity index (χ0n) is 17.9. The number of carbonyl (C=O) groups is 2. The molecule has 0 spiro atoms. The maximum atomic E-state index is 12.3. The molecule has 3 aromatic rings. The summed E-state index contributed by atoms with van der Waals surface area (Å²) < 4.78 is 16.1. The molecule has 3 rings (SSSR count). The van der Waals surface area contributed by atoms with E-state index in [0.717, 1.165) is 11.1 Å². The molecule has 1 heterocycles. The van der Waals surface area contributed by atoms with Gasteiger partial charge in [0, 0.05) is 12.3 Å². The number of esters is 1. The Morgan fingerprint density at radius 3 is 2.58 bits per heavy atom. The van der Waals surface area contributed by atoms with Gasteiger partial charge in [-0.2, -0.15) is 0 Å². The van der Waals surface area contributed by atoms with Crippen molar-refractivity contribution >= 4 is 34.0 Å². The fourth-order valence-corrected chi connectivity index (χ4v) is 3.69. The minimum Gasteiger partial charge on any atom is -0.495 e. The van der Waals surface area contributed by atoms with E-state index in [-0.39, 0.29) is 19.1 Å². The van der Waals surface area contributed by atoms with E-state index in [1.54, 1.807) is 24.6 Å². The zero-order chi connectivity index (χ0) is 22.4. The Kier molecular flexibility index (Phi) is 7.25. The highest BCUT2D eigenvalue weighted by Gasteiger charge is 2.21. The van der Waals surface area contributed by atoms with Crippen LogP contribution in [0.2, 0.25) is 0 Å². The van der Waals surface area contributed by atoms with Gasteiger partial charge in [-0.25, -0.2) is 9.78 Å². The number of para-hydroxylation sites is 2. The second-order valence-corrected chi connectivity index (χ2v) is 7.68. The van der Waals surface area contributed by atoms with Crippen molar-refractivity contribution in [2.45, 2.75) is 27.4 Å². The lowest BCUT2D eigenvalue weighted by molar-refractivity contribution is -0.147. The first-order valence-corrected chi connectivity index (χ1v) is 10.5. The summed E-state index contributed by atoms with van der Waals surface area (Å²) in [7, 11) is 1.55. The quantitative estimate of drug-likeness (QED) is 0.477. The van der Waals surface area contributed by atoms with Gasteiger partial charge in [0.25, 0.3) is 0 Å². The SMILES string of the molecule is COc1ccccc1N(C(C)=O)c1nc(COC(=O)COc2ccc(C)c(C)c2)cs1. The highest BCUT2D eigenvalue weighted by atomic mass is 32.1. The number of amides is 1. The lowest BCUT2D eigenvalue weighted by Crippen LogP contribution is -2.23. The number of carbonyl (C=O) groups excluding carboxylic acids is 2. The fourth-order valence-electron chi connectivity index (χ4n) is 2.83. The van der Waals surface area contributed by atoms with Crippen molar-refractivity contribution < 1.29 is 23.8 Å². The maximum Gasteiger partial charge on any atom is 0.344 e. The van der Waals surface area contributed by atoms with Crippen LogP contribution in [-0.2, 0) is 20.9 Å². The van der Waals surface area contributed by atoms with Crippen molar-refractivity contribution in [3.8, 4) is 11.5 Å². The standard InChI is InChI=1S/C23H24N2O5S/c1-15-9-10-19(11-16(15)2)29-13-22(27)30-12-18-14-31-23(24-18)25(17(3)26)20-7-5-6-8-21(20)28-4/h5-11,14H,12-13H2,1-4H3. The second-order valence-electron chi connectivity index (χ2n) is 6.84. The molecule has 0 saturated carbocycles. The third-order valence-electron chi connectivity index (χ3n) is 4.59. The van der Waals surface area contributed by atoms with E-state index >= 15 is 0 Å². The summed E-state index contributed by atoms with van der Waals surface area (Å²) in [5.74, 6) is 0.472. The number of ether oxygens (including phenoxy) is 3. The summed E-state index contributed by atoms with van der Waals surface area (Å²) in [4.78, 5) is 30.2. The van der Waals surface area contributed by atoms with E-state index in [9.17, 15) is 9.59 Å². The van der Waals surface area contributed by atoms with Gasteiger partial charge in [0.05, 0.1) is 18.5 Å². The number of anilines is 2. The van der Waals surface area contributed by atoms with Crippen LogP contribution < -0.4 is 14.4 Å². The average Bonchev–Trinajstić information content (AvgIpc) is 3.21. The highest BCUT2D eigenvalue weighted by molar-refractivity contribution is 7.14. The molecule has 0 fully saturated rings. The van der Waals surface area contributed by atoms with Gasteiger partial charge in [-0.15, -0.1) is 11.3 Å². The van der Waals surface area contributed by atoms with Crippen molar-refractivity contribution in [3.63, 3.8) is 0 Å². The summed E-state index contributed by atoms with van der Waals surface area (Å²) in [5, 5.41) is 2.22. The van der Waals surface area contributed by atoms with Crippen LogP contribution in [0.15, 0.2) is 47.8 Å². The number of thiazole rings is 1. The number of nitrogens with zero attached hydrogens (tertiary/aromatic N) is 2. The number of benzene rings is 2. The average molecular weight is 441 g/mol. The number of aryl methyl sites for hydroxylation is 2. The van der Waals surface area contributed by atoms with Gasteiger partial charge in [-0.05, 0) is 49.2 Å². The topological polar surface area (TPSA) is 78.0 Å². The smallest absolute Gasteiger partial charge is 0.344 e.